The van der Waals surface area contributed by atoms with E-state index in [0.717, 1.165) is 5.69 Å². The molecule has 0 bridgehead atoms. The summed E-state index contributed by atoms with van der Waals surface area (Å²) in [5, 5.41) is 11.1. The molecule has 0 saturated heterocycles. The highest BCUT2D eigenvalue weighted by molar-refractivity contribution is 6.30. The number of hydrogen-bond acceptors (Lipinski definition) is 3. The maximum absolute atomic E-state index is 10.5. The van der Waals surface area contributed by atoms with Crippen LogP contribution < -0.4 is 4.74 Å². The number of nitrogens with zero attached hydrogens (tertiary/aromatic N) is 2. The lowest BCUT2D eigenvalue weighted by atomic mass is 10.1. The number of rotatable bonds is 4. The third-order valence-corrected chi connectivity index (χ3v) is 3.25. The van der Waals surface area contributed by atoms with Crippen LogP contribution in [0.5, 0.6) is 5.75 Å². The second-order valence-corrected chi connectivity index (χ2v) is 5.04. The molecule has 2 rings (SSSR count). The van der Waals surface area contributed by atoms with Crippen molar-refractivity contribution >= 4 is 11.6 Å². The monoisotopic (exact) mass is 280 g/mol. The lowest BCUT2D eigenvalue weighted by molar-refractivity contribution is 0.203. The minimum absolute atomic E-state index is 0.220. The van der Waals surface area contributed by atoms with Crippen molar-refractivity contribution in [3.05, 3.63) is 47.0 Å². The Balaban J connectivity index is 2.46. The first-order valence-electron chi connectivity index (χ1n) is 6.07. The van der Waals surface area contributed by atoms with Crippen LogP contribution in [0.4, 0.5) is 0 Å². The van der Waals surface area contributed by atoms with Crippen LogP contribution in [0.2, 0.25) is 5.02 Å². The molecule has 0 saturated carbocycles. The summed E-state index contributed by atoms with van der Waals surface area (Å²) in [5.41, 5.74) is 1.35. The van der Waals surface area contributed by atoms with Crippen LogP contribution in [-0.4, -0.2) is 21.8 Å². The van der Waals surface area contributed by atoms with Gasteiger partial charge >= 0.3 is 0 Å². The Morgan fingerprint density at radius 2 is 2.11 bits per heavy atom. The first-order chi connectivity index (χ1) is 9.04. The van der Waals surface area contributed by atoms with E-state index in [1.54, 1.807) is 37.8 Å². The zero-order valence-corrected chi connectivity index (χ0v) is 11.9. The van der Waals surface area contributed by atoms with Gasteiger partial charge in [0.1, 0.15) is 11.9 Å². The van der Waals surface area contributed by atoms with Crippen LogP contribution in [0.3, 0.4) is 0 Å². The van der Waals surface area contributed by atoms with E-state index in [0.29, 0.717) is 16.3 Å². The number of aromatic nitrogens is 2. The van der Waals surface area contributed by atoms with Gasteiger partial charge in [0.15, 0.2) is 0 Å². The van der Waals surface area contributed by atoms with Crippen LogP contribution in [0.1, 0.15) is 37.3 Å². The van der Waals surface area contributed by atoms with Gasteiger partial charge in [0.2, 0.25) is 0 Å². The summed E-state index contributed by atoms with van der Waals surface area (Å²) in [4.78, 5) is 4.10. The van der Waals surface area contributed by atoms with Crippen molar-refractivity contribution < 1.29 is 9.84 Å². The normalized spacial score (nSPS) is 12.7. The average Bonchev–Trinajstić information content (AvgIpc) is 2.87. The van der Waals surface area contributed by atoms with Crippen molar-refractivity contribution in [2.75, 3.05) is 7.11 Å². The number of halogens is 1. The molecule has 0 fully saturated rings. The third-order valence-electron chi connectivity index (χ3n) is 3.02. The Labute approximate surface area is 117 Å². The van der Waals surface area contributed by atoms with Gasteiger partial charge < -0.3 is 14.4 Å². The molecule has 1 atom stereocenters. The summed E-state index contributed by atoms with van der Waals surface area (Å²) < 4.78 is 7.19. The quantitative estimate of drug-likeness (QED) is 0.935. The first-order valence-corrected chi connectivity index (χ1v) is 6.45. The summed E-state index contributed by atoms with van der Waals surface area (Å²) in [6, 6.07) is 5.41. The smallest absolute Gasteiger partial charge is 0.125 e. The van der Waals surface area contributed by atoms with E-state index in [1.165, 1.54) is 0 Å². The van der Waals surface area contributed by atoms with Gasteiger partial charge in [-0.2, -0.15) is 0 Å². The van der Waals surface area contributed by atoms with Gasteiger partial charge in [-0.3, -0.25) is 0 Å². The van der Waals surface area contributed by atoms with Crippen LogP contribution in [0.25, 0.3) is 0 Å². The van der Waals surface area contributed by atoms with Crippen LogP contribution in [0.15, 0.2) is 30.7 Å². The predicted octanol–water partition coefficient (Wildman–Crippen LogP) is 3.21. The fraction of sp³-hybridized carbons (Fsp3) is 0.357. The molecule has 5 heteroatoms. The number of aliphatic hydroxyl groups is 1. The summed E-state index contributed by atoms with van der Waals surface area (Å²) >= 11 is 5.99. The van der Waals surface area contributed by atoms with Crippen LogP contribution >= 0.6 is 11.6 Å². The summed E-state index contributed by atoms with van der Waals surface area (Å²) in [6.45, 7) is 4.07. The molecule has 1 N–H and O–H groups in total. The highest BCUT2D eigenvalue weighted by atomic mass is 35.5. The van der Waals surface area contributed by atoms with Gasteiger partial charge in [0, 0.05) is 16.6 Å². The van der Waals surface area contributed by atoms with Gasteiger partial charge in [0.05, 0.1) is 25.3 Å². The summed E-state index contributed by atoms with van der Waals surface area (Å²) in [7, 11) is 1.57. The Morgan fingerprint density at radius 3 is 2.74 bits per heavy atom. The van der Waals surface area contributed by atoms with E-state index in [9.17, 15) is 5.11 Å². The van der Waals surface area contributed by atoms with Crippen LogP contribution in [0, 0.1) is 0 Å². The summed E-state index contributed by atoms with van der Waals surface area (Å²) in [5.74, 6) is 0.605. The van der Waals surface area contributed by atoms with Gasteiger partial charge in [0.25, 0.3) is 0 Å². The van der Waals surface area contributed by atoms with E-state index >= 15 is 0 Å². The Bertz CT molecular complexity index is 566. The number of hydrogen-bond donors (Lipinski definition) is 1. The Hall–Kier alpha value is -1.52. The number of imidazole rings is 1. The molecule has 1 aromatic heterocycles. The second-order valence-electron chi connectivity index (χ2n) is 4.61. The third kappa shape index (κ3) is 2.74. The number of ether oxygens (including phenoxy) is 1. The van der Waals surface area contributed by atoms with E-state index in [-0.39, 0.29) is 6.04 Å². The lowest BCUT2D eigenvalue weighted by Gasteiger charge is -2.18. The predicted molar refractivity (Wildman–Crippen MR) is 74.7 cm³/mol. The van der Waals surface area contributed by atoms with Gasteiger partial charge in [-0.25, -0.2) is 4.98 Å². The number of aliphatic hydroxyl groups excluding tert-OH is 1. The van der Waals surface area contributed by atoms with E-state index in [4.69, 9.17) is 16.3 Å². The van der Waals surface area contributed by atoms with Crippen molar-refractivity contribution in [2.24, 2.45) is 0 Å². The topological polar surface area (TPSA) is 47.3 Å². The Morgan fingerprint density at radius 1 is 1.37 bits per heavy atom. The largest absolute Gasteiger partial charge is 0.496 e. The van der Waals surface area contributed by atoms with Crippen LogP contribution in [-0.2, 0) is 0 Å². The molecule has 1 unspecified atom stereocenters. The molecule has 1 aromatic carbocycles. The van der Waals surface area contributed by atoms with E-state index in [2.05, 4.69) is 4.98 Å². The van der Waals surface area contributed by atoms with Crippen molar-refractivity contribution in [3.8, 4) is 5.75 Å². The highest BCUT2D eigenvalue weighted by Crippen LogP contribution is 2.32. The zero-order valence-electron chi connectivity index (χ0n) is 11.2. The maximum Gasteiger partial charge on any atom is 0.125 e. The molecule has 0 aliphatic rings. The molecule has 102 valence electrons. The zero-order chi connectivity index (χ0) is 14.0. The molecule has 0 amide bonds. The molecule has 4 nitrogen and oxygen atoms in total. The molecule has 0 radical (unpaired) electrons. The Kier molecular flexibility index (Phi) is 4.12. The van der Waals surface area contributed by atoms with Crippen molar-refractivity contribution in [1.82, 2.24) is 9.55 Å². The van der Waals surface area contributed by atoms with Crippen molar-refractivity contribution in [3.63, 3.8) is 0 Å². The standard InChI is InChI=1S/C14H17ClN2O2/c1-9(2)17-8-16-7-12(17)14(18)11-6-10(15)4-5-13(11)19-3/h4-9,14,18H,1-3H3. The molecule has 0 aliphatic heterocycles. The van der Waals surface area contributed by atoms with Gasteiger partial charge in [-0.15, -0.1) is 0 Å². The molecular formula is C14H17ClN2O2. The van der Waals surface area contributed by atoms with Gasteiger partial charge in [-0.1, -0.05) is 11.6 Å². The van der Waals surface area contributed by atoms with Crippen molar-refractivity contribution in [2.45, 2.75) is 26.0 Å². The van der Waals surface area contributed by atoms with E-state index < -0.39 is 6.10 Å². The molecule has 0 aliphatic carbocycles. The second kappa shape index (κ2) is 5.63. The first kappa shape index (κ1) is 13.9. The van der Waals surface area contributed by atoms with E-state index in [1.807, 2.05) is 18.4 Å². The fourth-order valence-corrected chi connectivity index (χ4v) is 2.22. The lowest BCUT2D eigenvalue weighted by Crippen LogP contribution is -2.10. The average molecular weight is 281 g/mol. The molecule has 1 heterocycles. The van der Waals surface area contributed by atoms with Gasteiger partial charge in [-0.05, 0) is 32.0 Å². The summed E-state index contributed by atoms with van der Waals surface area (Å²) in [6.07, 6.45) is 2.55. The molecular weight excluding hydrogens is 264 g/mol. The van der Waals surface area contributed by atoms with Crippen molar-refractivity contribution in [1.29, 1.82) is 0 Å². The number of methoxy groups -OCH3 is 1. The number of benzene rings is 1. The molecule has 0 spiro atoms. The molecule has 2 aromatic rings. The minimum atomic E-state index is -0.821. The SMILES string of the molecule is COc1ccc(Cl)cc1C(O)c1cncn1C(C)C. The highest BCUT2D eigenvalue weighted by Gasteiger charge is 2.20. The minimum Gasteiger partial charge on any atom is -0.496 e. The maximum atomic E-state index is 10.5. The fourth-order valence-electron chi connectivity index (χ4n) is 2.04. The molecule has 19 heavy (non-hydrogen) atoms.